The van der Waals surface area contributed by atoms with Crippen LogP contribution in [0.3, 0.4) is 0 Å². The molecule has 2 aliphatic rings. The monoisotopic (exact) mass is 238 g/mol. The number of hydrogen-bond donors (Lipinski definition) is 1. The molecule has 1 aliphatic heterocycles. The number of nitrogens with zero attached hydrogens (tertiary/aromatic N) is 1. The van der Waals surface area contributed by atoms with Gasteiger partial charge in [-0.25, -0.2) is 0 Å². The van der Waals surface area contributed by atoms with Crippen molar-refractivity contribution in [2.45, 2.75) is 64.3 Å². The van der Waals surface area contributed by atoms with E-state index in [-0.39, 0.29) is 0 Å². The maximum Gasteiger partial charge on any atom is 0.0220 e. The van der Waals surface area contributed by atoms with Crippen LogP contribution in [0.25, 0.3) is 0 Å². The lowest BCUT2D eigenvalue weighted by molar-refractivity contribution is 0.0725. The van der Waals surface area contributed by atoms with E-state index >= 15 is 0 Å². The quantitative estimate of drug-likeness (QED) is 0.792. The van der Waals surface area contributed by atoms with Crippen LogP contribution in [0, 0.1) is 5.41 Å². The van der Waals surface area contributed by atoms with Gasteiger partial charge in [-0.15, -0.1) is 0 Å². The highest BCUT2D eigenvalue weighted by Gasteiger charge is 2.37. The minimum absolute atomic E-state index is 0.771. The molecule has 17 heavy (non-hydrogen) atoms. The highest BCUT2D eigenvalue weighted by molar-refractivity contribution is 4.91. The Balaban J connectivity index is 1.83. The van der Waals surface area contributed by atoms with Crippen LogP contribution < -0.4 is 5.32 Å². The topological polar surface area (TPSA) is 15.3 Å². The van der Waals surface area contributed by atoms with Crippen LogP contribution in [0.5, 0.6) is 0 Å². The smallest absolute Gasteiger partial charge is 0.0220 e. The van der Waals surface area contributed by atoms with Crippen molar-refractivity contribution in [2.24, 2.45) is 5.41 Å². The molecule has 0 amide bonds. The van der Waals surface area contributed by atoms with Crippen LogP contribution >= 0.6 is 0 Å². The molecule has 1 unspecified atom stereocenters. The highest BCUT2D eigenvalue weighted by Crippen LogP contribution is 2.46. The van der Waals surface area contributed by atoms with Gasteiger partial charge in [0, 0.05) is 12.6 Å². The van der Waals surface area contributed by atoms with Crippen molar-refractivity contribution in [3.8, 4) is 0 Å². The molecule has 1 saturated heterocycles. The Morgan fingerprint density at radius 2 is 1.76 bits per heavy atom. The van der Waals surface area contributed by atoms with E-state index in [0.29, 0.717) is 0 Å². The maximum absolute atomic E-state index is 3.37. The van der Waals surface area contributed by atoms with Gasteiger partial charge in [-0.1, -0.05) is 26.2 Å². The Morgan fingerprint density at radius 1 is 1.12 bits per heavy atom. The summed E-state index contributed by atoms with van der Waals surface area (Å²) < 4.78 is 0. The summed E-state index contributed by atoms with van der Waals surface area (Å²) >= 11 is 0. The summed E-state index contributed by atoms with van der Waals surface area (Å²) in [6, 6.07) is 0.781. The number of hydrogen-bond acceptors (Lipinski definition) is 2. The van der Waals surface area contributed by atoms with Gasteiger partial charge in [0.2, 0.25) is 0 Å². The molecule has 0 aromatic rings. The average molecular weight is 238 g/mol. The summed E-state index contributed by atoms with van der Waals surface area (Å²) in [5, 5.41) is 3.37. The van der Waals surface area contributed by atoms with Gasteiger partial charge in [0.1, 0.15) is 0 Å². The molecule has 100 valence electrons. The van der Waals surface area contributed by atoms with Gasteiger partial charge in [-0.05, 0) is 57.7 Å². The largest absolute Gasteiger partial charge is 0.318 e. The molecule has 0 bridgehead atoms. The molecule has 2 nitrogen and oxygen atoms in total. The lowest BCUT2D eigenvalue weighted by Crippen LogP contribution is -2.47. The fourth-order valence-electron chi connectivity index (χ4n) is 3.97. The third-order valence-corrected chi connectivity index (χ3v) is 5.10. The Morgan fingerprint density at radius 3 is 2.29 bits per heavy atom. The summed E-state index contributed by atoms with van der Waals surface area (Å²) in [6.45, 7) is 6.19. The number of likely N-dealkylation sites (N-methyl/N-ethyl adjacent to an activating group) is 1. The summed E-state index contributed by atoms with van der Waals surface area (Å²) in [6.07, 6.45) is 11.6. The molecule has 1 spiro atoms. The first-order chi connectivity index (χ1) is 8.29. The second kappa shape index (κ2) is 6.19. The van der Waals surface area contributed by atoms with Crippen molar-refractivity contribution in [1.82, 2.24) is 10.2 Å². The first-order valence-electron chi connectivity index (χ1n) is 7.68. The zero-order valence-electron chi connectivity index (χ0n) is 11.8. The first kappa shape index (κ1) is 13.4. The normalized spacial score (nSPS) is 26.5. The number of likely N-dealkylation sites (tertiary alicyclic amines) is 1. The van der Waals surface area contributed by atoms with E-state index in [1.54, 1.807) is 0 Å². The molecule has 1 aliphatic carbocycles. The number of nitrogens with one attached hydrogen (secondary N) is 1. The van der Waals surface area contributed by atoms with Crippen molar-refractivity contribution in [3.63, 3.8) is 0 Å². The lowest BCUT2D eigenvalue weighted by atomic mass is 9.76. The van der Waals surface area contributed by atoms with Crippen molar-refractivity contribution in [3.05, 3.63) is 0 Å². The molecule has 0 aromatic heterocycles. The van der Waals surface area contributed by atoms with Crippen molar-refractivity contribution in [2.75, 3.05) is 26.7 Å². The highest BCUT2D eigenvalue weighted by atomic mass is 15.2. The molecule has 1 heterocycles. The van der Waals surface area contributed by atoms with Gasteiger partial charge >= 0.3 is 0 Å². The van der Waals surface area contributed by atoms with Crippen LogP contribution in [0.15, 0.2) is 0 Å². The zero-order valence-corrected chi connectivity index (χ0v) is 11.8. The van der Waals surface area contributed by atoms with Crippen LogP contribution in [-0.4, -0.2) is 37.6 Å². The van der Waals surface area contributed by atoms with Crippen molar-refractivity contribution < 1.29 is 0 Å². The number of piperidine rings is 1. The average Bonchev–Trinajstić information content (AvgIpc) is 2.79. The first-order valence-corrected chi connectivity index (χ1v) is 7.68. The predicted molar refractivity (Wildman–Crippen MR) is 74.3 cm³/mol. The summed E-state index contributed by atoms with van der Waals surface area (Å²) in [7, 11) is 2.09. The summed E-state index contributed by atoms with van der Waals surface area (Å²) in [5.74, 6) is 0. The molecule has 2 rings (SSSR count). The minimum Gasteiger partial charge on any atom is -0.318 e. The van der Waals surface area contributed by atoms with Gasteiger partial charge in [-0.3, -0.25) is 4.90 Å². The fourth-order valence-corrected chi connectivity index (χ4v) is 3.97. The van der Waals surface area contributed by atoms with Crippen LogP contribution in [0.4, 0.5) is 0 Å². The van der Waals surface area contributed by atoms with Crippen molar-refractivity contribution >= 4 is 0 Å². The molecule has 1 N–H and O–H groups in total. The van der Waals surface area contributed by atoms with E-state index in [2.05, 4.69) is 24.2 Å². The third kappa shape index (κ3) is 3.23. The molecule has 1 atom stereocenters. The number of rotatable bonds is 5. The van der Waals surface area contributed by atoms with Crippen LogP contribution in [-0.2, 0) is 0 Å². The summed E-state index contributed by atoms with van der Waals surface area (Å²) in [5.41, 5.74) is 0.771. The molecule has 0 radical (unpaired) electrons. The van der Waals surface area contributed by atoms with Gasteiger partial charge < -0.3 is 5.32 Å². The van der Waals surface area contributed by atoms with Crippen molar-refractivity contribution in [1.29, 1.82) is 0 Å². The van der Waals surface area contributed by atoms with Gasteiger partial charge in [0.05, 0.1) is 0 Å². The second-order valence-corrected chi connectivity index (χ2v) is 6.24. The molecule has 1 saturated carbocycles. The van der Waals surface area contributed by atoms with E-state index in [4.69, 9.17) is 0 Å². The molecule has 2 heteroatoms. The molecular weight excluding hydrogens is 208 g/mol. The van der Waals surface area contributed by atoms with Crippen LogP contribution in [0.1, 0.15) is 58.3 Å². The van der Waals surface area contributed by atoms with E-state index in [1.807, 2.05) is 0 Å². The molecule has 2 fully saturated rings. The second-order valence-electron chi connectivity index (χ2n) is 6.24. The third-order valence-electron chi connectivity index (χ3n) is 5.10. The summed E-state index contributed by atoms with van der Waals surface area (Å²) in [4.78, 5) is 2.75. The molecule has 0 aromatic carbocycles. The Labute approximate surface area is 107 Å². The van der Waals surface area contributed by atoms with Gasteiger partial charge in [0.25, 0.3) is 0 Å². The minimum atomic E-state index is 0.771. The fraction of sp³-hybridized carbons (Fsp3) is 1.00. The predicted octanol–water partition coefficient (Wildman–Crippen LogP) is 3.03. The lowest BCUT2D eigenvalue weighted by Gasteiger charge is -2.43. The van der Waals surface area contributed by atoms with Gasteiger partial charge in [0.15, 0.2) is 0 Å². The van der Waals surface area contributed by atoms with E-state index < -0.39 is 0 Å². The standard InChI is InChI=1S/C15H30N2/c1-3-6-14(13-16-2)17-11-9-15(10-12-17)7-4-5-8-15/h14,16H,3-13H2,1-2H3. The zero-order chi connectivity index (χ0) is 12.1. The van der Waals surface area contributed by atoms with E-state index in [1.165, 1.54) is 71.0 Å². The van der Waals surface area contributed by atoms with E-state index in [0.717, 1.165) is 11.5 Å². The maximum atomic E-state index is 3.37. The SMILES string of the molecule is CCCC(CNC)N1CCC2(CCCC2)CC1. The molecular formula is C15H30N2. The van der Waals surface area contributed by atoms with Gasteiger partial charge in [-0.2, -0.15) is 0 Å². The Kier molecular flexibility index (Phi) is 4.87. The Hall–Kier alpha value is -0.0800. The van der Waals surface area contributed by atoms with Crippen LogP contribution in [0.2, 0.25) is 0 Å². The van der Waals surface area contributed by atoms with E-state index in [9.17, 15) is 0 Å². The Bertz CT molecular complexity index is 205.